The molecule has 1 amide bonds. The molecule has 0 fully saturated rings. The lowest BCUT2D eigenvalue weighted by Gasteiger charge is -2.11. The van der Waals surface area contributed by atoms with Crippen LogP contribution in [0.2, 0.25) is 0 Å². The van der Waals surface area contributed by atoms with E-state index in [1.807, 2.05) is 19.0 Å². The van der Waals surface area contributed by atoms with Crippen molar-refractivity contribution in [3.8, 4) is 11.4 Å². The minimum absolute atomic E-state index is 0.106. The van der Waals surface area contributed by atoms with Gasteiger partial charge in [0.05, 0.1) is 0 Å². The average molecular weight is 409 g/mol. The molecule has 0 aliphatic heterocycles. The molecule has 0 spiro atoms. The molecule has 3 heterocycles. The van der Waals surface area contributed by atoms with Crippen LogP contribution >= 0.6 is 0 Å². The molecular weight excluding hydrogens is 391 g/mol. The molecule has 1 atom stereocenters. The van der Waals surface area contributed by atoms with Crippen LogP contribution in [0.15, 0.2) is 28.9 Å². The summed E-state index contributed by atoms with van der Waals surface area (Å²) in [7, 11) is 4.94. The summed E-state index contributed by atoms with van der Waals surface area (Å²) in [5.74, 6) is 0.356. The second-order valence-corrected chi connectivity index (χ2v) is 6.48. The zero-order chi connectivity index (χ0) is 21.3. The minimum Gasteiger partial charge on any atom is -0.363 e. The molecule has 0 saturated heterocycles. The zero-order valence-corrected chi connectivity index (χ0v) is 16.0. The summed E-state index contributed by atoms with van der Waals surface area (Å²) in [4.78, 5) is 22.6. The number of aryl methyl sites for hydroxylation is 1. The fourth-order valence-corrected chi connectivity index (χ4v) is 2.48. The number of pyridine rings is 1. The molecule has 12 heteroatoms. The summed E-state index contributed by atoms with van der Waals surface area (Å²) in [5.41, 5.74) is -0.723. The highest BCUT2D eigenvalue weighted by Crippen LogP contribution is 2.28. The van der Waals surface area contributed by atoms with E-state index in [4.69, 9.17) is 4.52 Å². The third-order valence-corrected chi connectivity index (χ3v) is 4.02. The second-order valence-electron chi connectivity index (χ2n) is 6.48. The van der Waals surface area contributed by atoms with E-state index in [9.17, 15) is 18.0 Å². The monoisotopic (exact) mass is 409 g/mol. The van der Waals surface area contributed by atoms with Crippen LogP contribution in [0.5, 0.6) is 0 Å². The third-order valence-electron chi connectivity index (χ3n) is 4.02. The molecule has 0 saturated carbocycles. The fraction of sp³-hybridized carbons (Fsp3) is 0.353. The summed E-state index contributed by atoms with van der Waals surface area (Å²) in [6, 6.07) is 3.43. The van der Waals surface area contributed by atoms with Crippen molar-refractivity contribution in [1.29, 1.82) is 0 Å². The molecule has 9 nitrogen and oxygen atoms in total. The molecule has 0 aliphatic carbocycles. The van der Waals surface area contributed by atoms with Gasteiger partial charge in [-0.3, -0.25) is 9.48 Å². The van der Waals surface area contributed by atoms with E-state index in [0.29, 0.717) is 23.3 Å². The number of aromatic nitrogens is 5. The highest BCUT2D eigenvalue weighted by Gasteiger charge is 2.35. The molecule has 0 radical (unpaired) electrons. The average Bonchev–Trinajstić information content (AvgIpc) is 3.28. The first-order valence-corrected chi connectivity index (χ1v) is 8.45. The highest BCUT2D eigenvalue weighted by atomic mass is 19.4. The molecule has 1 N–H and O–H groups in total. The highest BCUT2D eigenvalue weighted by molar-refractivity contribution is 5.92. The van der Waals surface area contributed by atoms with Gasteiger partial charge < -0.3 is 14.7 Å². The van der Waals surface area contributed by atoms with E-state index >= 15 is 0 Å². The van der Waals surface area contributed by atoms with Crippen LogP contribution < -0.4 is 10.2 Å². The third kappa shape index (κ3) is 4.36. The maximum Gasteiger partial charge on any atom is 0.435 e. The van der Waals surface area contributed by atoms with E-state index in [0.717, 1.165) is 4.68 Å². The summed E-state index contributed by atoms with van der Waals surface area (Å²) >= 11 is 0. The second kappa shape index (κ2) is 7.53. The number of rotatable bonds is 5. The van der Waals surface area contributed by atoms with E-state index in [1.165, 1.54) is 7.05 Å². The maximum atomic E-state index is 12.8. The molecule has 3 rings (SSSR count). The molecule has 0 unspecified atom stereocenters. The van der Waals surface area contributed by atoms with E-state index in [2.05, 4.69) is 25.5 Å². The maximum absolute atomic E-state index is 12.8. The lowest BCUT2D eigenvalue weighted by Crippen LogP contribution is -2.28. The Morgan fingerprint density at radius 2 is 2.03 bits per heavy atom. The summed E-state index contributed by atoms with van der Waals surface area (Å²) < 4.78 is 44.4. The topological polar surface area (TPSA) is 102 Å². The van der Waals surface area contributed by atoms with E-state index in [1.54, 1.807) is 25.3 Å². The van der Waals surface area contributed by atoms with Gasteiger partial charge in [0.1, 0.15) is 17.6 Å². The number of nitrogens with zero attached hydrogens (tertiary/aromatic N) is 6. The Morgan fingerprint density at radius 1 is 1.31 bits per heavy atom. The normalized spacial score (nSPS) is 12.7. The van der Waals surface area contributed by atoms with Crippen molar-refractivity contribution in [3.05, 3.63) is 41.7 Å². The van der Waals surface area contributed by atoms with Crippen molar-refractivity contribution in [2.45, 2.75) is 19.1 Å². The smallest absolute Gasteiger partial charge is 0.363 e. The van der Waals surface area contributed by atoms with Crippen LogP contribution in [0.3, 0.4) is 0 Å². The number of nitrogens with one attached hydrogen (secondary N) is 1. The van der Waals surface area contributed by atoms with Gasteiger partial charge in [-0.15, -0.1) is 0 Å². The first-order chi connectivity index (χ1) is 13.6. The van der Waals surface area contributed by atoms with E-state index < -0.39 is 23.8 Å². The van der Waals surface area contributed by atoms with Gasteiger partial charge in [-0.25, -0.2) is 4.98 Å². The number of carbonyl (C=O) groups is 1. The Balaban J connectivity index is 1.75. The Bertz CT molecular complexity index is 1030. The van der Waals surface area contributed by atoms with Crippen molar-refractivity contribution in [2.75, 3.05) is 19.0 Å². The van der Waals surface area contributed by atoms with Gasteiger partial charge in [-0.05, 0) is 19.1 Å². The largest absolute Gasteiger partial charge is 0.435 e. The molecular formula is C17H18F3N7O2. The zero-order valence-electron chi connectivity index (χ0n) is 16.0. The van der Waals surface area contributed by atoms with Gasteiger partial charge in [0.2, 0.25) is 11.7 Å². The van der Waals surface area contributed by atoms with Gasteiger partial charge in [0.15, 0.2) is 5.69 Å². The number of hydrogen-bond donors (Lipinski definition) is 1. The lowest BCUT2D eigenvalue weighted by molar-refractivity contribution is -0.141. The predicted octanol–water partition coefficient (Wildman–Crippen LogP) is 2.44. The van der Waals surface area contributed by atoms with Crippen molar-refractivity contribution in [3.63, 3.8) is 0 Å². The van der Waals surface area contributed by atoms with Gasteiger partial charge >= 0.3 is 6.18 Å². The SMILES string of the molecule is C[C@@H](NC(=O)c1cc(C(F)(F)F)nn1C)c1nc(-c2ccnc(N(C)C)c2)no1. The fourth-order valence-electron chi connectivity index (χ4n) is 2.48. The molecule has 0 bridgehead atoms. The number of carbonyl (C=O) groups excluding carboxylic acids is 1. The Morgan fingerprint density at radius 3 is 2.66 bits per heavy atom. The molecule has 29 heavy (non-hydrogen) atoms. The first-order valence-electron chi connectivity index (χ1n) is 8.45. The van der Waals surface area contributed by atoms with Gasteiger partial charge in [0.25, 0.3) is 5.91 Å². The van der Waals surface area contributed by atoms with Gasteiger partial charge in [-0.2, -0.15) is 23.3 Å². The number of hydrogen-bond acceptors (Lipinski definition) is 7. The van der Waals surface area contributed by atoms with Crippen LogP contribution in [0.25, 0.3) is 11.4 Å². The lowest BCUT2D eigenvalue weighted by atomic mass is 10.2. The molecule has 0 aliphatic rings. The quantitative estimate of drug-likeness (QED) is 0.691. The van der Waals surface area contributed by atoms with Gasteiger partial charge in [0, 0.05) is 39.0 Å². The van der Waals surface area contributed by atoms with Crippen molar-refractivity contribution in [2.24, 2.45) is 7.05 Å². The molecule has 0 aromatic carbocycles. The predicted molar refractivity (Wildman–Crippen MR) is 95.9 cm³/mol. The Labute approximate surface area is 163 Å². The van der Waals surface area contributed by atoms with Crippen LogP contribution in [0, 0.1) is 0 Å². The first kappa shape index (κ1) is 20.3. The van der Waals surface area contributed by atoms with Crippen molar-refractivity contribution in [1.82, 2.24) is 30.2 Å². The Kier molecular flexibility index (Phi) is 5.27. The van der Waals surface area contributed by atoms with E-state index in [-0.39, 0.29) is 11.6 Å². The number of alkyl halides is 3. The standard InChI is InChI=1S/C17H18F3N7O2/c1-9(22-15(28)11-8-12(17(18,19)20)24-27(11)4)16-23-14(25-29-16)10-5-6-21-13(7-10)26(2)3/h5-9H,1-4H3,(H,22,28)/t9-/m1/s1. The van der Waals surface area contributed by atoms with Crippen molar-refractivity contribution < 1.29 is 22.5 Å². The molecule has 154 valence electrons. The Hall–Kier alpha value is -3.44. The number of amides is 1. The molecule has 3 aromatic rings. The van der Waals surface area contributed by atoms with Crippen molar-refractivity contribution >= 4 is 11.7 Å². The molecule has 3 aromatic heterocycles. The number of halogens is 3. The number of anilines is 1. The summed E-state index contributed by atoms with van der Waals surface area (Å²) in [5, 5.41) is 9.74. The van der Waals surface area contributed by atoms with Crippen LogP contribution in [0.4, 0.5) is 19.0 Å². The summed E-state index contributed by atoms with van der Waals surface area (Å²) in [6.07, 6.45) is -3.04. The minimum atomic E-state index is -4.64. The van der Waals surface area contributed by atoms with Crippen LogP contribution in [-0.4, -0.2) is 44.9 Å². The van der Waals surface area contributed by atoms with Crippen LogP contribution in [-0.2, 0) is 13.2 Å². The van der Waals surface area contributed by atoms with Crippen LogP contribution in [0.1, 0.15) is 35.0 Å². The van der Waals surface area contributed by atoms with Gasteiger partial charge in [-0.1, -0.05) is 5.16 Å². The summed E-state index contributed by atoms with van der Waals surface area (Å²) in [6.45, 7) is 1.58.